The van der Waals surface area contributed by atoms with Gasteiger partial charge in [0.1, 0.15) is 0 Å². The molecule has 94 valence electrons. The van der Waals surface area contributed by atoms with E-state index in [4.69, 9.17) is 0 Å². The van der Waals surface area contributed by atoms with Crippen LogP contribution in [-0.4, -0.2) is 13.1 Å². The predicted molar refractivity (Wildman–Crippen MR) is 74.3 cm³/mol. The Hall–Kier alpha value is -0.820. The molecule has 0 heterocycles. The Kier molecular flexibility index (Phi) is 4.61. The number of benzene rings is 1. The summed E-state index contributed by atoms with van der Waals surface area (Å²) in [5.41, 5.74) is 2.97. The summed E-state index contributed by atoms with van der Waals surface area (Å²) in [5.74, 6) is 0.909. The lowest BCUT2D eigenvalue weighted by Crippen LogP contribution is -2.30. The van der Waals surface area contributed by atoms with Crippen LogP contribution < -0.4 is 5.32 Å². The lowest BCUT2D eigenvalue weighted by Gasteiger charge is -2.28. The summed E-state index contributed by atoms with van der Waals surface area (Å²) in [6.07, 6.45) is 7.92. The Balaban J connectivity index is 1.84. The highest BCUT2D eigenvalue weighted by molar-refractivity contribution is 5.22. The van der Waals surface area contributed by atoms with Gasteiger partial charge in [0.05, 0.1) is 0 Å². The number of nitrogens with one attached hydrogen (secondary N) is 1. The number of hydrogen-bond acceptors (Lipinski definition) is 1. The largest absolute Gasteiger partial charge is 0.317 e. The van der Waals surface area contributed by atoms with Crippen LogP contribution in [0.5, 0.6) is 0 Å². The Bertz CT molecular complexity index is 320. The molecule has 1 fully saturated rings. The highest BCUT2D eigenvalue weighted by atomic mass is 14.9. The van der Waals surface area contributed by atoms with Gasteiger partial charge >= 0.3 is 0 Å². The van der Waals surface area contributed by atoms with E-state index in [0.717, 1.165) is 18.4 Å². The molecule has 2 rings (SSSR count). The number of rotatable bonds is 4. The molecule has 1 heteroatoms. The van der Waals surface area contributed by atoms with Gasteiger partial charge in [0.25, 0.3) is 0 Å². The fraction of sp³-hybridized carbons (Fsp3) is 0.625. The van der Waals surface area contributed by atoms with Crippen molar-refractivity contribution in [3.05, 3.63) is 35.4 Å². The van der Waals surface area contributed by atoms with Gasteiger partial charge in [-0.05, 0) is 62.6 Å². The topological polar surface area (TPSA) is 12.0 Å². The van der Waals surface area contributed by atoms with Crippen molar-refractivity contribution < 1.29 is 0 Å². The van der Waals surface area contributed by atoms with Crippen LogP contribution in [0.15, 0.2) is 24.3 Å². The predicted octanol–water partition coefficient (Wildman–Crippen LogP) is 3.57. The van der Waals surface area contributed by atoms with Gasteiger partial charge in [-0.2, -0.15) is 0 Å². The van der Waals surface area contributed by atoms with Crippen LogP contribution in [0.25, 0.3) is 0 Å². The van der Waals surface area contributed by atoms with Crippen LogP contribution in [0.2, 0.25) is 0 Å². The van der Waals surface area contributed by atoms with Crippen molar-refractivity contribution in [3.63, 3.8) is 0 Å². The van der Waals surface area contributed by atoms with Gasteiger partial charge in [0, 0.05) is 6.04 Å². The van der Waals surface area contributed by atoms with E-state index in [2.05, 4.69) is 43.6 Å². The first-order valence-electron chi connectivity index (χ1n) is 7.07. The van der Waals surface area contributed by atoms with E-state index in [1.54, 1.807) is 0 Å². The number of hydrogen-bond donors (Lipinski definition) is 1. The molecule has 1 aliphatic carbocycles. The minimum Gasteiger partial charge on any atom is -0.317 e. The standard InChI is InChI=1S/C16H25N/c1-3-13-4-6-14(7-5-13)12-15-8-10-16(17-2)11-9-15/h4-7,15-17H,3,8-12H2,1-2H3. The molecule has 1 nitrogen and oxygen atoms in total. The molecule has 0 radical (unpaired) electrons. The molecule has 1 aromatic carbocycles. The van der Waals surface area contributed by atoms with Gasteiger partial charge in [-0.1, -0.05) is 31.2 Å². The van der Waals surface area contributed by atoms with Gasteiger partial charge < -0.3 is 5.32 Å². The first kappa shape index (κ1) is 12.6. The average molecular weight is 231 g/mol. The Morgan fingerprint density at radius 1 is 1.00 bits per heavy atom. The summed E-state index contributed by atoms with van der Waals surface area (Å²) in [7, 11) is 2.09. The van der Waals surface area contributed by atoms with Crippen molar-refractivity contribution in [1.29, 1.82) is 0 Å². The highest BCUT2D eigenvalue weighted by Crippen LogP contribution is 2.27. The van der Waals surface area contributed by atoms with E-state index in [-0.39, 0.29) is 0 Å². The van der Waals surface area contributed by atoms with Crippen LogP contribution >= 0.6 is 0 Å². The van der Waals surface area contributed by atoms with E-state index < -0.39 is 0 Å². The summed E-state index contributed by atoms with van der Waals surface area (Å²) in [6.45, 7) is 2.22. The van der Waals surface area contributed by atoms with E-state index in [1.165, 1.54) is 43.2 Å². The van der Waals surface area contributed by atoms with Gasteiger partial charge in [0.15, 0.2) is 0 Å². The zero-order chi connectivity index (χ0) is 12.1. The quantitative estimate of drug-likeness (QED) is 0.835. The molecule has 0 aromatic heterocycles. The molecule has 0 atom stereocenters. The number of aryl methyl sites for hydroxylation is 1. The Labute approximate surface area is 106 Å². The zero-order valence-electron chi connectivity index (χ0n) is 11.2. The van der Waals surface area contributed by atoms with Crippen LogP contribution in [0.1, 0.15) is 43.7 Å². The molecule has 0 bridgehead atoms. The lowest BCUT2D eigenvalue weighted by atomic mass is 9.82. The molecule has 0 amide bonds. The van der Waals surface area contributed by atoms with Gasteiger partial charge in [0.2, 0.25) is 0 Å². The van der Waals surface area contributed by atoms with E-state index in [1.807, 2.05) is 0 Å². The fourth-order valence-electron chi connectivity index (χ4n) is 2.90. The third kappa shape index (κ3) is 3.57. The van der Waals surface area contributed by atoms with Crippen molar-refractivity contribution in [2.75, 3.05) is 7.05 Å². The van der Waals surface area contributed by atoms with Crippen molar-refractivity contribution in [3.8, 4) is 0 Å². The van der Waals surface area contributed by atoms with Gasteiger partial charge in [-0.25, -0.2) is 0 Å². The maximum atomic E-state index is 3.40. The van der Waals surface area contributed by atoms with Crippen molar-refractivity contribution in [2.24, 2.45) is 5.92 Å². The second-order valence-electron chi connectivity index (χ2n) is 5.38. The van der Waals surface area contributed by atoms with Crippen LogP contribution in [0.3, 0.4) is 0 Å². The van der Waals surface area contributed by atoms with Crippen LogP contribution in [0, 0.1) is 5.92 Å². The average Bonchev–Trinajstić information content (AvgIpc) is 2.40. The summed E-state index contributed by atoms with van der Waals surface area (Å²) in [4.78, 5) is 0. The SMILES string of the molecule is CCc1ccc(CC2CCC(NC)CC2)cc1. The third-order valence-corrected chi connectivity index (χ3v) is 4.21. The van der Waals surface area contributed by atoms with Crippen LogP contribution in [0.4, 0.5) is 0 Å². The van der Waals surface area contributed by atoms with E-state index in [0.29, 0.717) is 0 Å². The lowest BCUT2D eigenvalue weighted by molar-refractivity contribution is 0.300. The summed E-state index contributed by atoms with van der Waals surface area (Å²) in [5, 5.41) is 3.40. The molecule has 1 aromatic rings. The molecular formula is C16H25N. The van der Waals surface area contributed by atoms with Gasteiger partial charge in [-0.3, -0.25) is 0 Å². The minimum absolute atomic E-state index is 0.772. The molecule has 0 spiro atoms. The molecule has 0 saturated heterocycles. The van der Waals surface area contributed by atoms with Crippen LogP contribution in [-0.2, 0) is 12.8 Å². The smallest absolute Gasteiger partial charge is 0.00642 e. The second-order valence-corrected chi connectivity index (χ2v) is 5.38. The molecule has 1 saturated carbocycles. The summed E-state index contributed by atoms with van der Waals surface area (Å²) < 4.78 is 0. The third-order valence-electron chi connectivity index (χ3n) is 4.21. The summed E-state index contributed by atoms with van der Waals surface area (Å²) >= 11 is 0. The van der Waals surface area contributed by atoms with Crippen molar-refractivity contribution >= 4 is 0 Å². The molecule has 17 heavy (non-hydrogen) atoms. The zero-order valence-corrected chi connectivity index (χ0v) is 11.2. The van der Waals surface area contributed by atoms with Crippen molar-refractivity contribution in [1.82, 2.24) is 5.32 Å². The van der Waals surface area contributed by atoms with E-state index in [9.17, 15) is 0 Å². The van der Waals surface area contributed by atoms with Crippen molar-refractivity contribution in [2.45, 2.75) is 51.5 Å². The van der Waals surface area contributed by atoms with Gasteiger partial charge in [-0.15, -0.1) is 0 Å². The Morgan fingerprint density at radius 2 is 1.59 bits per heavy atom. The molecule has 1 aliphatic rings. The summed E-state index contributed by atoms with van der Waals surface area (Å²) in [6, 6.07) is 9.99. The maximum Gasteiger partial charge on any atom is 0.00642 e. The monoisotopic (exact) mass is 231 g/mol. The molecule has 0 unspecified atom stereocenters. The fourth-order valence-corrected chi connectivity index (χ4v) is 2.90. The second kappa shape index (κ2) is 6.20. The first-order valence-corrected chi connectivity index (χ1v) is 7.07. The molecule has 1 N–H and O–H groups in total. The highest BCUT2D eigenvalue weighted by Gasteiger charge is 2.19. The minimum atomic E-state index is 0.772. The molecular weight excluding hydrogens is 206 g/mol. The maximum absolute atomic E-state index is 3.40. The first-order chi connectivity index (χ1) is 8.31. The molecule has 0 aliphatic heterocycles. The Morgan fingerprint density at radius 3 is 2.12 bits per heavy atom. The van der Waals surface area contributed by atoms with E-state index >= 15 is 0 Å². The normalized spacial score (nSPS) is 24.8.